The molecule has 0 fully saturated rings. The summed E-state index contributed by atoms with van der Waals surface area (Å²) in [5, 5.41) is 0. The maximum absolute atomic E-state index is 3.97. The van der Waals surface area contributed by atoms with Crippen molar-refractivity contribution in [3.8, 4) is 0 Å². The van der Waals surface area contributed by atoms with Crippen LogP contribution in [0.2, 0.25) is 0 Å². The highest BCUT2D eigenvalue weighted by Crippen LogP contribution is 2.27. The number of hydrogen-bond donors (Lipinski definition) is 0. The molecule has 0 amide bonds. The Morgan fingerprint density at radius 1 is 1.64 bits per heavy atom. The lowest BCUT2D eigenvalue weighted by Gasteiger charge is -2.19. The minimum absolute atomic E-state index is 0. The van der Waals surface area contributed by atoms with Crippen molar-refractivity contribution < 1.29 is 5.48 Å². The highest BCUT2D eigenvalue weighted by atomic mass is 16.0. The van der Waals surface area contributed by atoms with Gasteiger partial charge in [0.2, 0.25) is 0 Å². The molecule has 0 spiro atoms. The summed E-state index contributed by atoms with van der Waals surface area (Å²) in [4.78, 5) is 0. The molecular weight excluding hydrogens is 136 g/mol. The van der Waals surface area contributed by atoms with Crippen LogP contribution < -0.4 is 0 Å². The third kappa shape index (κ3) is 2.89. The van der Waals surface area contributed by atoms with Crippen molar-refractivity contribution in [3.05, 3.63) is 23.8 Å². The van der Waals surface area contributed by atoms with Crippen LogP contribution in [0.5, 0.6) is 0 Å². The highest BCUT2D eigenvalue weighted by molar-refractivity contribution is 5.09. The molecule has 0 aromatic carbocycles. The molecule has 64 valence electrons. The Kier molecular flexibility index (Phi) is 4.12. The van der Waals surface area contributed by atoms with E-state index in [1.54, 1.807) is 5.57 Å². The van der Waals surface area contributed by atoms with Gasteiger partial charge in [-0.25, -0.2) is 0 Å². The van der Waals surface area contributed by atoms with E-state index in [-0.39, 0.29) is 5.48 Å². The Morgan fingerprint density at radius 2 is 2.27 bits per heavy atom. The van der Waals surface area contributed by atoms with Crippen LogP contribution in [0.25, 0.3) is 0 Å². The van der Waals surface area contributed by atoms with Gasteiger partial charge in [0, 0.05) is 0 Å². The lowest BCUT2D eigenvalue weighted by molar-refractivity contribution is 0.540. The molecule has 0 aromatic heterocycles. The van der Waals surface area contributed by atoms with E-state index < -0.39 is 0 Å². The van der Waals surface area contributed by atoms with Crippen LogP contribution in [0.4, 0.5) is 0 Å². The van der Waals surface area contributed by atoms with Crippen molar-refractivity contribution in [2.45, 2.75) is 33.1 Å². The van der Waals surface area contributed by atoms with Crippen LogP contribution in [0, 0.1) is 5.92 Å². The van der Waals surface area contributed by atoms with Gasteiger partial charge >= 0.3 is 0 Å². The van der Waals surface area contributed by atoms with Gasteiger partial charge in [0.1, 0.15) is 0 Å². The van der Waals surface area contributed by atoms with Crippen LogP contribution in [0.1, 0.15) is 33.1 Å². The normalized spacial score (nSPS) is 23.5. The Balaban J connectivity index is 0.000001000. The highest BCUT2D eigenvalue weighted by Gasteiger charge is 2.11. The zero-order valence-corrected chi connectivity index (χ0v) is 7.48. The SMILES string of the molecule is C=C(C)[C@H]1CC=C(C)CC1.O. The molecule has 11 heavy (non-hydrogen) atoms. The van der Waals surface area contributed by atoms with E-state index in [1.807, 2.05) is 0 Å². The summed E-state index contributed by atoms with van der Waals surface area (Å²) in [5.41, 5.74) is 2.90. The first-order valence-corrected chi connectivity index (χ1v) is 4.01. The largest absolute Gasteiger partial charge is 0.412 e. The lowest BCUT2D eigenvalue weighted by Crippen LogP contribution is -2.04. The van der Waals surface area contributed by atoms with Gasteiger partial charge in [-0.3, -0.25) is 0 Å². The van der Waals surface area contributed by atoms with E-state index in [0.29, 0.717) is 0 Å². The molecule has 1 heteroatoms. The standard InChI is InChI=1S/C10H16.H2O/c1-8(2)10-6-4-9(3)5-7-10;/h4,10H,1,5-7H2,2-3H3;1H2/t10-;/m0./s1. The first-order chi connectivity index (χ1) is 4.70. The topological polar surface area (TPSA) is 31.5 Å². The third-order valence-electron chi connectivity index (χ3n) is 2.33. The van der Waals surface area contributed by atoms with E-state index in [1.165, 1.54) is 24.8 Å². The molecule has 0 saturated carbocycles. The summed E-state index contributed by atoms with van der Waals surface area (Å²) < 4.78 is 0. The van der Waals surface area contributed by atoms with Gasteiger partial charge in [0.25, 0.3) is 0 Å². The van der Waals surface area contributed by atoms with Gasteiger partial charge in [0.15, 0.2) is 0 Å². The third-order valence-corrected chi connectivity index (χ3v) is 2.33. The van der Waals surface area contributed by atoms with Crippen LogP contribution in [-0.2, 0) is 0 Å². The van der Waals surface area contributed by atoms with Crippen molar-refractivity contribution in [1.29, 1.82) is 0 Å². The fraction of sp³-hybridized carbons (Fsp3) is 0.600. The summed E-state index contributed by atoms with van der Waals surface area (Å²) in [6.07, 6.45) is 6.17. The minimum Gasteiger partial charge on any atom is -0.412 e. The summed E-state index contributed by atoms with van der Waals surface area (Å²) >= 11 is 0. The quantitative estimate of drug-likeness (QED) is 0.520. The summed E-state index contributed by atoms with van der Waals surface area (Å²) in [5.74, 6) is 0.767. The van der Waals surface area contributed by atoms with Crippen molar-refractivity contribution in [2.75, 3.05) is 0 Å². The fourth-order valence-electron chi connectivity index (χ4n) is 1.41. The van der Waals surface area contributed by atoms with Crippen LogP contribution in [0.15, 0.2) is 23.8 Å². The second kappa shape index (κ2) is 4.35. The van der Waals surface area contributed by atoms with Gasteiger partial charge in [-0.2, -0.15) is 0 Å². The number of rotatable bonds is 1. The molecule has 2 N–H and O–H groups in total. The molecule has 1 aliphatic rings. The maximum atomic E-state index is 3.97. The summed E-state index contributed by atoms with van der Waals surface area (Å²) in [6.45, 7) is 8.33. The van der Waals surface area contributed by atoms with Gasteiger partial charge < -0.3 is 5.48 Å². The molecule has 0 aromatic rings. The zero-order valence-electron chi connectivity index (χ0n) is 7.48. The van der Waals surface area contributed by atoms with Crippen molar-refractivity contribution >= 4 is 0 Å². The second-order valence-corrected chi connectivity index (χ2v) is 3.37. The van der Waals surface area contributed by atoms with Crippen LogP contribution in [-0.4, -0.2) is 5.48 Å². The first-order valence-electron chi connectivity index (χ1n) is 4.01. The Hall–Kier alpha value is -0.560. The average Bonchev–Trinajstić information content (AvgIpc) is 1.88. The Morgan fingerprint density at radius 3 is 2.64 bits per heavy atom. The van der Waals surface area contributed by atoms with E-state index in [0.717, 1.165) is 5.92 Å². The second-order valence-electron chi connectivity index (χ2n) is 3.37. The van der Waals surface area contributed by atoms with E-state index >= 15 is 0 Å². The van der Waals surface area contributed by atoms with Gasteiger partial charge in [-0.05, 0) is 39.0 Å². The molecular formula is C10H18O. The van der Waals surface area contributed by atoms with Crippen LogP contribution in [0.3, 0.4) is 0 Å². The van der Waals surface area contributed by atoms with Gasteiger partial charge in [-0.1, -0.05) is 23.8 Å². The molecule has 0 radical (unpaired) electrons. The Labute approximate surface area is 69.1 Å². The van der Waals surface area contributed by atoms with Crippen molar-refractivity contribution in [2.24, 2.45) is 5.92 Å². The molecule has 1 atom stereocenters. The number of hydrogen-bond acceptors (Lipinski definition) is 0. The average molecular weight is 154 g/mol. The monoisotopic (exact) mass is 154 g/mol. The molecule has 1 aliphatic carbocycles. The van der Waals surface area contributed by atoms with Gasteiger partial charge in [0.05, 0.1) is 0 Å². The van der Waals surface area contributed by atoms with Crippen LogP contribution >= 0.6 is 0 Å². The van der Waals surface area contributed by atoms with Crippen molar-refractivity contribution in [3.63, 3.8) is 0 Å². The number of allylic oxidation sites excluding steroid dienone is 3. The molecule has 1 nitrogen and oxygen atoms in total. The van der Waals surface area contributed by atoms with E-state index in [9.17, 15) is 0 Å². The predicted octanol–water partition coefficient (Wildman–Crippen LogP) is 2.48. The molecule has 0 aliphatic heterocycles. The molecule has 1 rings (SSSR count). The fourth-order valence-corrected chi connectivity index (χ4v) is 1.41. The maximum Gasteiger partial charge on any atom is -0.0171 e. The first kappa shape index (κ1) is 10.4. The van der Waals surface area contributed by atoms with Crippen molar-refractivity contribution in [1.82, 2.24) is 0 Å². The Bertz CT molecular complexity index is 168. The zero-order chi connectivity index (χ0) is 7.56. The lowest BCUT2D eigenvalue weighted by atomic mass is 9.86. The molecule has 0 saturated heterocycles. The van der Waals surface area contributed by atoms with Gasteiger partial charge in [-0.15, -0.1) is 0 Å². The smallest absolute Gasteiger partial charge is 0.0171 e. The summed E-state index contributed by atoms with van der Waals surface area (Å²) in [6, 6.07) is 0. The van der Waals surface area contributed by atoms with E-state index in [4.69, 9.17) is 0 Å². The van der Waals surface area contributed by atoms with E-state index in [2.05, 4.69) is 26.5 Å². The molecule has 0 heterocycles. The predicted molar refractivity (Wildman–Crippen MR) is 49.5 cm³/mol. The molecule has 0 bridgehead atoms. The minimum atomic E-state index is 0. The molecule has 0 unspecified atom stereocenters. The summed E-state index contributed by atoms with van der Waals surface area (Å²) in [7, 11) is 0.